The van der Waals surface area contributed by atoms with E-state index < -0.39 is 6.10 Å². The van der Waals surface area contributed by atoms with E-state index >= 15 is 0 Å². The first-order valence-corrected chi connectivity index (χ1v) is 25.5. The molecule has 0 fully saturated rings. The zero-order valence-corrected chi connectivity index (χ0v) is 39.7. The Bertz CT molecular complexity index is 1080. The lowest BCUT2D eigenvalue weighted by Gasteiger charge is -2.18. The Morgan fingerprint density at radius 1 is 0.383 bits per heavy atom. The Labute approximate surface area is 372 Å². The lowest BCUT2D eigenvalue weighted by atomic mass is 10.1. The van der Waals surface area contributed by atoms with Gasteiger partial charge in [0.2, 0.25) is 0 Å². The van der Waals surface area contributed by atoms with Crippen LogP contribution in [0.1, 0.15) is 239 Å². The summed E-state index contributed by atoms with van der Waals surface area (Å²) in [5.74, 6) is -0.416. The van der Waals surface area contributed by atoms with Gasteiger partial charge >= 0.3 is 11.9 Å². The van der Waals surface area contributed by atoms with Crippen LogP contribution in [0.5, 0.6) is 0 Å². The topological polar surface area (TPSA) is 61.8 Å². The van der Waals surface area contributed by atoms with E-state index in [1.807, 2.05) is 0 Å². The minimum atomic E-state index is -0.546. The van der Waals surface area contributed by atoms with E-state index in [9.17, 15) is 9.59 Å². The number of hydrogen-bond acceptors (Lipinski definition) is 5. The first-order valence-electron chi connectivity index (χ1n) is 25.5. The number of hydrogen-bond donors (Lipinski definition) is 0. The summed E-state index contributed by atoms with van der Waals surface area (Å²) in [6, 6.07) is 0. The Morgan fingerprint density at radius 3 is 1.23 bits per heavy atom. The third-order valence-electron chi connectivity index (χ3n) is 10.7. The van der Waals surface area contributed by atoms with Crippen LogP contribution in [-0.4, -0.2) is 37.9 Å². The van der Waals surface area contributed by atoms with Gasteiger partial charge in [-0.05, 0) is 89.9 Å². The second-order valence-electron chi connectivity index (χ2n) is 16.7. The second kappa shape index (κ2) is 50.7. The van der Waals surface area contributed by atoms with Crippen LogP contribution in [0.3, 0.4) is 0 Å². The number of allylic oxidation sites excluding steroid dienone is 12. The fourth-order valence-corrected chi connectivity index (χ4v) is 6.94. The molecule has 0 aliphatic heterocycles. The predicted molar refractivity (Wildman–Crippen MR) is 260 cm³/mol. The molecule has 346 valence electrons. The van der Waals surface area contributed by atoms with Crippen LogP contribution in [0.25, 0.3) is 0 Å². The van der Waals surface area contributed by atoms with Crippen LogP contribution in [0.2, 0.25) is 0 Å². The zero-order valence-electron chi connectivity index (χ0n) is 39.7. The van der Waals surface area contributed by atoms with Gasteiger partial charge in [0.05, 0.1) is 6.61 Å². The van der Waals surface area contributed by atoms with Crippen LogP contribution in [0.4, 0.5) is 0 Å². The van der Waals surface area contributed by atoms with Gasteiger partial charge in [0.25, 0.3) is 0 Å². The highest BCUT2D eigenvalue weighted by Gasteiger charge is 2.17. The summed E-state index contributed by atoms with van der Waals surface area (Å²) in [4.78, 5) is 25.2. The van der Waals surface area contributed by atoms with E-state index in [1.165, 1.54) is 122 Å². The van der Waals surface area contributed by atoms with E-state index in [2.05, 4.69) is 93.7 Å². The molecule has 0 aromatic carbocycles. The normalized spacial score (nSPS) is 12.8. The van der Waals surface area contributed by atoms with Gasteiger partial charge in [-0.3, -0.25) is 9.59 Å². The van der Waals surface area contributed by atoms with Gasteiger partial charge in [-0.25, -0.2) is 0 Å². The minimum Gasteiger partial charge on any atom is -0.462 e. The molecule has 60 heavy (non-hydrogen) atoms. The van der Waals surface area contributed by atoms with Gasteiger partial charge < -0.3 is 14.2 Å². The highest BCUT2D eigenvalue weighted by molar-refractivity contribution is 5.70. The molecule has 0 rings (SSSR count). The Hall–Kier alpha value is -2.66. The van der Waals surface area contributed by atoms with Crippen LogP contribution in [0, 0.1) is 0 Å². The lowest BCUT2D eigenvalue weighted by Crippen LogP contribution is -2.30. The maximum atomic E-state index is 12.7. The van der Waals surface area contributed by atoms with E-state index in [-0.39, 0.29) is 25.2 Å². The molecule has 0 heterocycles. The second-order valence-corrected chi connectivity index (χ2v) is 16.7. The first-order chi connectivity index (χ1) is 29.6. The quantitative estimate of drug-likeness (QED) is 0.0347. The summed E-state index contributed by atoms with van der Waals surface area (Å²) in [7, 11) is 0. The van der Waals surface area contributed by atoms with Crippen LogP contribution >= 0.6 is 0 Å². The summed E-state index contributed by atoms with van der Waals surface area (Å²) in [5, 5.41) is 0. The van der Waals surface area contributed by atoms with E-state index in [0.29, 0.717) is 19.4 Å². The third kappa shape index (κ3) is 48.0. The summed E-state index contributed by atoms with van der Waals surface area (Å²) in [6.45, 7) is 7.62. The number of esters is 2. The summed E-state index contributed by atoms with van der Waals surface area (Å²) >= 11 is 0. The molecule has 5 nitrogen and oxygen atoms in total. The molecule has 0 saturated carbocycles. The van der Waals surface area contributed by atoms with Gasteiger partial charge in [0.15, 0.2) is 6.10 Å². The number of rotatable bonds is 46. The molecular weight excluding hydrogens is 741 g/mol. The number of carbonyl (C=O) groups is 2. The maximum absolute atomic E-state index is 12.7. The third-order valence-corrected chi connectivity index (χ3v) is 10.7. The van der Waals surface area contributed by atoms with E-state index in [0.717, 1.165) is 83.5 Å². The maximum Gasteiger partial charge on any atom is 0.306 e. The highest BCUT2D eigenvalue weighted by atomic mass is 16.6. The molecule has 0 amide bonds. The summed E-state index contributed by atoms with van der Waals surface area (Å²) in [5.41, 5.74) is 0. The molecule has 1 unspecified atom stereocenters. The van der Waals surface area contributed by atoms with Gasteiger partial charge in [0.1, 0.15) is 6.61 Å². The molecule has 0 radical (unpaired) electrons. The van der Waals surface area contributed by atoms with Crippen molar-refractivity contribution in [2.24, 2.45) is 0 Å². The van der Waals surface area contributed by atoms with Crippen molar-refractivity contribution >= 4 is 11.9 Å². The molecule has 0 bridgehead atoms. The van der Waals surface area contributed by atoms with Gasteiger partial charge in [-0.15, -0.1) is 0 Å². The largest absolute Gasteiger partial charge is 0.462 e. The smallest absolute Gasteiger partial charge is 0.306 e. The van der Waals surface area contributed by atoms with Crippen molar-refractivity contribution in [3.8, 4) is 0 Å². The predicted octanol–water partition coefficient (Wildman–Crippen LogP) is 17.1. The van der Waals surface area contributed by atoms with Crippen LogP contribution in [-0.2, 0) is 23.8 Å². The summed E-state index contributed by atoms with van der Waals surface area (Å²) in [6.07, 6.45) is 64.9. The molecule has 0 aromatic rings. The molecule has 1 atom stereocenters. The van der Waals surface area contributed by atoms with Crippen molar-refractivity contribution in [2.45, 2.75) is 245 Å². The van der Waals surface area contributed by atoms with E-state index in [1.54, 1.807) is 0 Å². The molecule has 0 spiro atoms. The molecule has 0 aliphatic carbocycles. The van der Waals surface area contributed by atoms with Gasteiger partial charge in [0, 0.05) is 19.4 Å². The Morgan fingerprint density at radius 2 is 0.750 bits per heavy atom. The first kappa shape index (κ1) is 57.3. The average Bonchev–Trinajstić information content (AvgIpc) is 3.25. The average molecular weight is 837 g/mol. The van der Waals surface area contributed by atoms with Crippen LogP contribution < -0.4 is 0 Å². The molecule has 0 saturated heterocycles. The number of ether oxygens (including phenoxy) is 3. The minimum absolute atomic E-state index is 0.0743. The Balaban J connectivity index is 4.15. The standard InChI is InChI=1S/C55H96O5/c1-4-7-10-13-16-18-20-22-24-26-28-29-31-33-35-37-40-42-45-48-54(56)59-52-53(60-55(57)49-46-43-39-15-12-9-6-3)51-58-50-47-44-41-38-36-34-32-30-27-25-23-21-19-17-14-11-8-5-2/h8,11,16-19,22-25,30,32,53H,4-7,9-10,12-15,20-21,26-29,31,33-52H2,1-3H3/b11-8-,18-16-,19-17-,24-22-,25-23-,32-30-. The number of carbonyl (C=O) groups excluding carboxylic acids is 2. The van der Waals surface area contributed by atoms with Crippen molar-refractivity contribution in [1.82, 2.24) is 0 Å². The van der Waals surface area contributed by atoms with Gasteiger partial charge in [-0.1, -0.05) is 209 Å². The monoisotopic (exact) mass is 837 g/mol. The van der Waals surface area contributed by atoms with Crippen molar-refractivity contribution in [3.63, 3.8) is 0 Å². The lowest BCUT2D eigenvalue weighted by molar-refractivity contribution is -0.163. The van der Waals surface area contributed by atoms with Gasteiger partial charge in [-0.2, -0.15) is 0 Å². The highest BCUT2D eigenvalue weighted by Crippen LogP contribution is 2.14. The molecule has 0 aliphatic rings. The van der Waals surface area contributed by atoms with Crippen LogP contribution in [0.15, 0.2) is 72.9 Å². The van der Waals surface area contributed by atoms with Crippen molar-refractivity contribution in [1.29, 1.82) is 0 Å². The van der Waals surface area contributed by atoms with Crippen molar-refractivity contribution < 1.29 is 23.8 Å². The fraction of sp³-hybridized carbons (Fsp3) is 0.745. The van der Waals surface area contributed by atoms with E-state index in [4.69, 9.17) is 14.2 Å². The molecular formula is C55H96O5. The zero-order chi connectivity index (χ0) is 43.5. The summed E-state index contributed by atoms with van der Waals surface area (Å²) < 4.78 is 17.3. The molecule has 5 heteroatoms. The molecule has 0 aromatic heterocycles. The fourth-order valence-electron chi connectivity index (χ4n) is 6.94. The SMILES string of the molecule is CC/C=C\C/C=C\C/C=C\C/C=C\CCCCCCCOCC(COC(=O)CCCCCCCCCCC/C=C\C/C=C\CCCCC)OC(=O)CCCCCCCCC. The Kier molecular flexibility index (Phi) is 48.4. The molecule has 0 N–H and O–H groups in total. The van der Waals surface area contributed by atoms with Crippen molar-refractivity contribution in [2.75, 3.05) is 19.8 Å². The van der Waals surface area contributed by atoms with Crippen molar-refractivity contribution in [3.05, 3.63) is 72.9 Å². The number of unbranched alkanes of at least 4 members (excludes halogenated alkanes) is 23.